The number of hydrogen-bond donors (Lipinski definition) is 1. The first-order chi connectivity index (χ1) is 18.0. The number of hydroxylamine groups is 1. The van der Waals surface area contributed by atoms with Crippen molar-refractivity contribution in [3.8, 4) is 0 Å². The summed E-state index contributed by atoms with van der Waals surface area (Å²) in [4.78, 5) is 24.1. The molecule has 0 spiro atoms. The lowest BCUT2D eigenvalue weighted by molar-refractivity contribution is -0.116. The molecule has 0 unspecified atom stereocenters. The first kappa shape index (κ1) is 29.7. The van der Waals surface area contributed by atoms with Crippen molar-refractivity contribution in [3.63, 3.8) is 0 Å². The molecule has 1 aliphatic carbocycles. The zero-order valence-corrected chi connectivity index (χ0v) is 22.9. The first-order valence-electron chi connectivity index (χ1n) is 13.8. The summed E-state index contributed by atoms with van der Waals surface area (Å²) >= 11 is 0. The van der Waals surface area contributed by atoms with Crippen LogP contribution in [0.2, 0.25) is 0 Å². The van der Waals surface area contributed by atoms with E-state index < -0.39 is 10.0 Å². The Balaban J connectivity index is 1.34. The van der Waals surface area contributed by atoms with Gasteiger partial charge >= 0.3 is 0 Å². The lowest BCUT2D eigenvalue weighted by atomic mass is 9.90. The number of pyridine rings is 1. The molecular weight excluding hydrogens is 492 g/mol. The highest BCUT2D eigenvalue weighted by atomic mass is 32.2. The third-order valence-corrected chi connectivity index (χ3v) is 8.67. The second-order valence-electron chi connectivity index (χ2n) is 9.92. The number of hydrogen-bond acceptors (Lipinski definition) is 7. The van der Waals surface area contributed by atoms with Crippen molar-refractivity contribution in [2.24, 2.45) is 5.92 Å². The number of nitrogens with one attached hydrogen (secondary N) is 1. The summed E-state index contributed by atoms with van der Waals surface area (Å²) in [5, 5.41) is 2.87. The van der Waals surface area contributed by atoms with Crippen LogP contribution in [0.5, 0.6) is 0 Å². The minimum atomic E-state index is -3.49. The van der Waals surface area contributed by atoms with Gasteiger partial charge in [0, 0.05) is 44.6 Å². The van der Waals surface area contributed by atoms with E-state index in [4.69, 9.17) is 9.57 Å². The number of nitrogens with zero attached hydrogens (tertiary/aromatic N) is 3. The Bertz CT molecular complexity index is 879. The van der Waals surface area contributed by atoms with Crippen molar-refractivity contribution in [2.45, 2.75) is 57.8 Å². The first-order valence-corrected chi connectivity index (χ1v) is 15.4. The third kappa shape index (κ3) is 12.0. The van der Waals surface area contributed by atoms with E-state index >= 15 is 0 Å². The highest BCUT2D eigenvalue weighted by molar-refractivity contribution is 7.88. The Morgan fingerprint density at radius 2 is 1.84 bits per heavy atom. The van der Waals surface area contributed by atoms with Crippen molar-refractivity contribution >= 4 is 22.0 Å². The summed E-state index contributed by atoms with van der Waals surface area (Å²) in [5.41, 5.74) is 0.924. The molecule has 2 fully saturated rings. The van der Waals surface area contributed by atoms with Crippen LogP contribution in [0.3, 0.4) is 0 Å². The van der Waals surface area contributed by atoms with Gasteiger partial charge in [0.1, 0.15) is 0 Å². The van der Waals surface area contributed by atoms with Gasteiger partial charge in [0.05, 0.1) is 32.1 Å². The van der Waals surface area contributed by atoms with Gasteiger partial charge < -0.3 is 10.1 Å². The molecule has 2 heterocycles. The quantitative estimate of drug-likeness (QED) is 0.197. The Labute approximate surface area is 222 Å². The zero-order valence-electron chi connectivity index (χ0n) is 22.1. The molecule has 0 bridgehead atoms. The fourth-order valence-electron chi connectivity index (χ4n) is 4.66. The van der Waals surface area contributed by atoms with E-state index in [0.717, 1.165) is 50.8 Å². The highest BCUT2D eigenvalue weighted by Gasteiger charge is 2.26. The number of ether oxygens (including phenoxy) is 1. The lowest BCUT2D eigenvalue weighted by Gasteiger charge is -2.30. The molecule has 208 valence electrons. The van der Waals surface area contributed by atoms with E-state index in [1.807, 2.05) is 12.1 Å². The summed E-state index contributed by atoms with van der Waals surface area (Å²) in [6.07, 6.45) is 15.6. The minimum Gasteiger partial charge on any atom is -0.379 e. The molecule has 3 rings (SSSR count). The van der Waals surface area contributed by atoms with Crippen molar-refractivity contribution in [3.05, 3.63) is 36.2 Å². The number of rotatable bonds is 16. The lowest BCUT2D eigenvalue weighted by Crippen LogP contribution is -2.44. The SMILES string of the molecule is O=C(C=Cc1ccncc1)NCCCCCCS(=O)(=O)N(CCN1CCOCC1)OCC1CCCCC1. The minimum absolute atomic E-state index is 0.0851. The number of unbranched alkanes of at least 4 members (excludes halogenated alkanes) is 3. The summed E-state index contributed by atoms with van der Waals surface area (Å²) in [5.74, 6) is 0.400. The van der Waals surface area contributed by atoms with Crippen LogP contribution in [0, 0.1) is 5.92 Å². The van der Waals surface area contributed by atoms with Crippen molar-refractivity contribution in [1.29, 1.82) is 0 Å². The van der Waals surface area contributed by atoms with E-state index in [-0.39, 0.29) is 11.7 Å². The van der Waals surface area contributed by atoms with Crippen LogP contribution >= 0.6 is 0 Å². The Hall–Kier alpha value is -1.85. The molecule has 1 N–H and O–H groups in total. The fourth-order valence-corrected chi connectivity index (χ4v) is 6.01. The second kappa shape index (κ2) is 16.9. The van der Waals surface area contributed by atoms with Gasteiger partial charge in [-0.25, -0.2) is 8.42 Å². The zero-order chi connectivity index (χ0) is 26.2. The van der Waals surface area contributed by atoms with Crippen LogP contribution in [-0.2, 0) is 24.4 Å². The molecule has 1 aliphatic heterocycles. The van der Waals surface area contributed by atoms with E-state index in [9.17, 15) is 13.2 Å². The third-order valence-electron chi connectivity index (χ3n) is 6.95. The number of sulfonamides is 1. The maximum absolute atomic E-state index is 13.1. The highest BCUT2D eigenvalue weighted by Crippen LogP contribution is 2.24. The number of carbonyl (C=O) groups is 1. The van der Waals surface area contributed by atoms with Gasteiger partial charge in [-0.1, -0.05) is 36.6 Å². The van der Waals surface area contributed by atoms with Crippen LogP contribution in [0.1, 0.15) is 63.4 Å². The molecular formula is C27H44N4O5S. The average Bonchev–Trinajstić information content (AvgIpc) is 2.93. The van der Waals surface area contributed by atoms with E-state index in [0.29, 0.717) is 51.8 Å². The van der Waals surface area contributed by atoms with Gasteiger partial charge in [-0.05, 0) is 55.4 Å². The fraction of sp³-hybridized carbons (Fsp3) is 0.704. The van der Waals surface area contributed by atoms with Crippen molar-refractivity contribution < 1.29 is 22.8 Å². The molecule has 0 radical (unpaired) electrons. The number of aromatic nitrogens is 1. The van der Waals surface area contributed by atoms with Crippen LogP contribution in [0.4, 0.5) is 0 Å². The topological polar surface area (TPSA) is 101 Å². The van der Waals surface area contributed by atoms with Gasteiger partial charge in [-0.15, -0.1) is 0 Å². The Kier molecular flexibility index (Phi) is 13.6. The summed E-state index contributed by atoms with van der Waals surface area (Å²) in [6.45, 7) is 5.10. The standard InChI is InChI=1S/C27H44N4O5S/c32-27(11-10-25-12-15-28-16-13-25)29-14-6-1-2-7-23-37(33,34)31(18-17-30-19-21-35-22-20-30)36-24-26-8-4-3-5-9-26/h10-13,15-16,26H,1-9,14,17-24H2,(H,29,32). The second-order valence-corrected chi connectivity index (χ2v) is 11.9. The summed E-state index contributed by atoms with van der Waals surface area (Å²) in [6, 6.07) is 3.67. The maximum Gasteiger partial charge on any atom is 0.243 e. The molecule has 1 aromatic rings. The predicted molar refractivity (Wildman–Crippen MR) is 145 cm³/mol. The van der Waals surface area contributed by atoms with Crippen LogP contribution < -0.4 is 5.32 Å². The van der Waals surface area contributed by atoms with Crippen molar-refractivity contribution in [2.75, 3.05) is 58.3 Å². The van der Waals surface area contributed by atoms with Gasteiger partial charge in [-0.3, -0.25) is 19.5 Å². The summed E-state index contributed by atoms with van der Waals surface area (Å²) in [7, 11) is -3.49. The summed E-state index contributed by atoms with van der Waals surface area (Å²) < 4.78 is 32.9. The van der Waals surface area contributed by atoms with Gasteiger partial charge in [-0.2, -0.15) is 0 Å². The average molecular weight is 537 g/mol. The van der Waals surface area contributed by atoms with Gasteiger partial charge in [0.2, 0.25) is 15.9 Å². The smallest absolute Gasteiger partial charge is 0.243 e. The van der Waals surface area contributed by atoms with Gasteiger partial charge in [0.25, 0.3) is 0 Å². The Morgan fingerprint density at radius 1 is 1.11 bits per heavy atom. The largest absolute Gasteiger partial charge is 0.379 e. The van der Waals surface area contributed by atoms with Crippen LogP contribution in [-0.4, -0.2) is 87.0 Å². The van der Waals surface area contributed by atoms with E-state index in [1.165, 1.54) is 29.8 Å². The normalized spacial score (nSPS) is 18.0. The molecule has 1 saturated heterocycles. The molecule has 0 aromatic carbocycles. The molecule has 9 nitrogen and oxygen atoms in total. The molecule has 1 aromatic heterocycles. The maximum atomic E-state index is 13.1. The molecule has 37 heavy (non-hydrogen) atoms. The Morgan fingerprint density at radius 3 is 2.59 bits per heavy atom. The van der Waals surface area contributed by atoms with Crippen LogP contribution in [0.15, 0.2) is 30.6 Å². The van der Waals surface area contributed by atoms with Gasteiger partial charge in [0.15, 0.2) is 0 Å². The molecule has 10 heteroatoms. The molecule has 0 atom stereocenters. The number of amides is 1. The molecule has 2 aliphatic rings. The number of morpholine rings is 1. The monoisotopic (exact) mass is 536 g/mol. The molecule has 1 amide bonds. The van der Waals surface area contributed by atoms with E-state index in [2.05, 4.69) is 15.2 Å². The molecule has 1 saturated carbocycles. The van der Waals surface area contributed by atoms with Crippen LogP contribution in [0.25, 0.3) is 6.08 Å². The van der Waals surface area contributed by atoms with Crippen molar-refractivity contribution in [1.82, 2.24) is 19.7 Å². The number of carbonyl (C=O) groups excluding carboxylic acids is 1. The predicted octanol–water partition coefficient (Wildman–Crippen LogP) is 3.25. The van der Waals surface area contributed by atoms with E-state index in [1.54, 1.807) is 18.5 Å².